The topological polar surface area (TPSA) is 32.3 Å². The lowest BCUT2D eigenvalue weighted by Crippen LogP contribution is -2.50. The second kappa shape index (κ2) is 7.80. The maximum Gasteiger partial charge on any atom is 0.0671 e. The van der Waals surface area contributed by atoms with E-state index in [4.69, 9.17) is 0 Å². The lowest BCUT2D eigenvalue weighted by molar-refractivity contribution is 0.132. The van der Waals surface area contributed by atoms with Gasteiger partial charge in [-0.15, -0.1) is 0 Å². The fourth-order valence-electron chi connectivity index (χ4n) is 3.51. The summed E-state index contributed by atoms with van der Waals surface area (Å²) in [5.41, 5.74) is 0.971. The van der Waals surface area contributed by atoms with Crippen LogP contribution in [0.4, 0.5) is 0 Å². The molecule has 1 aromatic rings. The van der Waals surface area contributed by atoms with Gasteiger partial charge in [-0.3, -0.25) is 0 Å². The highest BCUT2D eigenvalue weighted by molar-refractivity contribution is 5.25. The molecule has 1 aliphatic rings. The third kappa shape index (κ3) is 3.83. The number of hydrogen-bond donors (Lipinski definition) is 2. The summed E-state index contributed by atoms with van der Waals surface area (Å²) in [5.74, 6) is 0. The Labute approximate surface area is 123 Å². The fraction of sp³-hybridized carbons (Fsp3) is 0.667. The van der Waals surface area contributed by atoms with Gasteiger partial charge in [0.05, 0.1) is 12.1 Å². The summed E-state index contributed by atoms with van der Waals surface area (Å²) in [7, 11) is 0. The molecule has 1 aromatic carbocycles. The first-order valence-corrected chi connectivity index (χ1v) is 8.25. The van der Waals surface area contributed by atoms with Gasteiger partial charge in [0.15, 0.2) is 0 Å². The van der Waals surface area contributed by atoms with E-state index in [1.807, 2.05) is 6.07 Å². The van der Waals surface area contributed by atoms with E-state index in [9.17, 15) is 5.11 Å². The van der Waals surface area contributed by atoms with E-state index in [0.717, 1.165) is 12.8 Å². The van der Waals surface area contributed by atoms with Crippen LogP contribution < -0.4 is 5.32 Å². The molecule has 0 bridgehead atoms. The van der Waals surface area contributed by atoms with Gasteiger partial charge in [0.1, 0.15) is 0 Å². The van der Waals surface area contributed by atoms with Crippen molar-refractivity contribution >= 4 is 0 Å². The Bertz CT molecular complexity index is 370. The molecule has 0 amide bonds. The second-order valence-electron chi connectivity index (χ2n) is 6.19. The fourth-order valence-corrected chi connectivity index (χ4v) is 3.51. The summed E-state index contributed by atoms with van der Waals surface area (Å²) in [4.78, 5) is 0. The summed E-state index contributed by atoms with van der Waals surface area (Å²) in [5, 5.41) is 13.9. The molecule has 2 nitrogen and oxygen atoms in total. The second-order valence-corrected chi connectivity index (χ2v) is 6.19. The first-order chi connectivity index (χ1) is 9.80. The van der Waals surface area contributed by atoms with Crippen LogP contribution in [0.5, 0.6) is 0 Å². The Morgan fingerprint density at radius 3 is 2.30 bits per heavy atom. The van der Waals surface area contributed by atoms with Gasteiger partial charge in [-0.05, 0) is 24.8 Å². The van der Waals surface area contributed by atoms with Crippen molar-refractivity contribution in [3.05, 3.63) is 35.9 Å². The lowest BCUT2D eigenvalue weighted by Gasteiger charge is -2.37. The maximum absolute atomic E-state index is 10.1. The number of benzene rings is 1. The molecule has 112 valence electrons. The molecule has 0 radical (unpaired) electrons. The Morgan fingerprint density at radius 2 is 1.75 bits per heavy atom. The largest absolute Gasteiger partial charge is 0.394 e. The molecule has 1 atom stereocenters. The van der Waals surface area contributed by atoms with Gasteiger partial charge >= 0.3 is 0 Å². The van der Waals surface area contributed by atoms with Crippen molar-refractivity contribution in [2.75, 3.05) is 6.61 Å². The average Bonchev–Trinajstić information content (AvgIpc) is 2.76. The van der Waals surface area contributed by atoms with Crippen molar-refractivity contribution in [3.8, 4) is 0 Å². The van der Waals surface area contributed by atoms with E-state index in [2.05, 4.69) is 36.5 Å². The maximum atomic E-state index is 10.1. The van der Waals surface area contributed by atoms with Gasteiger partial charge in [0.25, 0.3) is 0 Å². The van der Waals surface area contributed by atoms with Crippen molar-refractivity contribution in [2.45, 2.75) is 69.9 Å². The predicted octanol–water partition coefficient (Wildman–Crippen LogP) is 3.99. The van der Waals surface area contributed by atoms with Crippen molar-refractivity contribution in [1.82, 2.24) is 5.32 Å². The van der Waals surface area contributed by atoms with Crippen LogP contribution in [-0.4, -0.2) is 17.8 Å². The third-order valence-electron chi connectivity index (χ3n) is 4.61. The molecule has 20 heavy (non-hydrogen) atoms. The minimum absolute atomic E-state index is 0.182. The summed E-state index contributed by atoms with van der Waals surface area (Å²) < 4.78 is 0. The van der Waals surface area contributed by atoms with Gasteiger partial charge in [-0.2, -0.15) is 0 Å². The van der Waals surface area contributed by atoms with E-state index in [1.165, 1.54) is 44.1 Å². The van der Waals surface area contributed by atoms with Gasteiger partial charge in [0.2, 0.25) is 0 Å². The highest BCUT2D eigenvalue weighted by Crippen LogP contribution is 2.29. The monoisotopic (exact) mass is 275 g/mol. The zero-order chi connectivity index (χ0) is 14.3. The molecule has 2 rings (SSSR count). The normalized spacial score (nSPS) is 20.3. The zero-order valence-electron chi connectivity index (χ0n) is 12.8. The lowest BCUT2D eigenvalue weighted by atomic mass is 9.84. The van der Waals surface area contributed by atoms with E-state index in [1.54, 1.807) is 0 Å². The van der Waals surface area contributed by atoms with Gasteiger partial charge in [0, 0.05) is 6.04 Å². The van der Waals surface area contributed by atoms with Crippen LogP contribution in [0.15, 0.2) is 30.3 Å². The van der Waals surface area contributed by atoms with E-state index >= 15 is 0 Å². The highest BCUT2D eigenvalue weighted by atomic mass is 16.3. The van der Waals surface area contributed by atoms with Crippen LogP contribution in [0, 0.1) is 0 Å². The summed E-state index contributed by atoms with van der Waals surface area (Å²) in [6, 6.07) is 11.0. The molecule has 0 aromatic heterocycles. The Kier molecular flexibility index (Phi) is 6.06. The van der Waals surface area contributed by atoms with Crippen LogP contribution in [0.25, 0.3) is 0 Å². The molecule has 2 heteroatoms. The quantitative estimate of drug-likeness (QED) is 0.769. The molecule has 0 spiro atoms. The van der Waals surface area contributed by atoms with Gasteiger partial charge < -0.3 is 10.4 Å². The summed E-state index contributed by atoms with van der Waals surface area (Å²) in [6.07, 6.45) is 9.93. The SMILES string of the molecule is CCCC(CO)(NC1CCCCCC1)c1ccccc1. The van der Waals surface area contributed by atoms with Crippen molar-refractivity contribution in [2.24, 2.45) is 0 Å². The average molecular weight is 275 g/mol. The Morgan fingerprint density at radius 1 is 1.10 bits per heavy atom. The summed E-state index contributed by atoms with van der Waals surface area (Å²) in [6.45, 7) is 2.38. The standard InChI is InChI=1S/C18H29NO/c1-2-14-18(15-20,16-10-6-5-7-11-16)19-17-12-8-3-4-9-13-17/h5-7,10-11,17,19-20H,2-4,8-9,12-15H2,1H3. The molecule has 1 saturated carbocycles. The molecular formula is C18H29NO. The molecule has 0 heterocycles. The van der Waals surface area contributed by atoms with Crippen LogP contribution in [0.2, 0.25) is 0 Å². The van der Waals surface area contributed by atoms with E-state index < -0.39 is 0 Å². The summed E-state index contributed by atoms with van der Waals surface area (Å²) >= 11 is 0. The molecule has 0 saturated heterocycles. The predicted molar refractivity (Wildman–Crippen MR) is 84.7 cm³/mol. The van der Waals surface area contributed by atoms with Crippen LogP contribution >= 0.6 is 0 Å². The van der Waals surface area contributed by atoms with Crippen molar-refractivity contribution in [3.63, 3.8) is 0 Å². The Hall–Kier alpha value is -0.860. The van der Waals surface area contributed by atoms with Crippen molar-refractivity contribution in [1.29, 1.82) is 0 Å². The molecule has 1 fully saturated rings. The Balaban J connectivity index is 2.17. The van der Waals surface area contributed by atoms with Crippen LogP contribution in [0.1, 0.15) is 63.9 Å². The molecule has 1 unspecified atom stereocenters. The van der Waals surface area contributed by atoms with Gasteiger partial charge in [-0.1, -0.05) is 69.4 Å². The number of nitrogens with one attached hydrogen (secondary N) is 1. The molecule has 1 aliphatic carbocycles. The molecular weight excluding hydrogens is 246 g/mol. The van der Waals surface area contributed by atoms with Crippen molar-refractivity contribution < 1.29 is 5.11 Å². The third-order valence-corrected chi connectivity index (χ3v) is 4.61. The molecule has 2 N–H and O–H groups in total. The smallest absolute Gasteiger partial charge is 0.0671 e. The first kappa shape index (κ1) is 15.5. The van der Waals surface area contributed by atoms with Crippen LogP contribution in [-0.2, 0) is 5.54 Å². The van der Waals surface area contributed by atoms with Crippen LogP contribution in [0.3, 0.4) is 0 Å². The van der Waals surface area contributed by atoms with E-state index in [-0.39, 0.29) is 12.1 Å². The molecule has 0 aliphatic heterocycles. The number of aliphatic hydroxyl groups is 1. The minimum atomic E-state index is -0.259. The minimum Gasteiger partial charge on any atom is -0.394 e. The number of hydrogen-bond acceptors (Lipinski definition) is 2. The zero-order valence-corrected chi connectivity index (χ0v) is 12.8. The number of rotatable bonds is 6. The van der Waals surface area contributed by atoms with E-state index in [0.29, 0.717) is 6.04 Å². The first-order valence-electron chi connectivity index (χ1n) is 8.25. The highest BCUT2D eigenvalue weighted by Gasteiger charge is 2.32. The number of aliphatic hydroxyl groups excluding tert-OH is 1. The van der Waals surface area contributed by atoms with Gasteiger partial charge in [-0.25, -0.2) is 0 Å².